The van der Waals surface area contributed by atoms with Crippen LogP contribution >= 0.6 is 36.4 Å². The van der Waals surface area contributed by atoms with Crippen LogP contribution in [0.5, 0.6) is 0 Å². The number of nitrogens with zero attached hydrogens (tertiary/aromatic N) is 2. The SMILES string of the molecule is Cl.Cl.O=C(c1ccncc1Cl)N1CCC2CCC(C1)N2. The summed E-state index contributed by atoms with van der Waals surface area (Å²) in [6, 6.07) is 2.73. The number of hydrogen-bond acceptors (Lipinski definition) is 3. The average Bonchev–Trinajstić information content (AvgIpc) is 2.69. The number of nitrogens with one attached hydrogen (secondary N) is 1. The van der Waals surface area contributed by atoms with Crippen LogP contribution in [-0.2, 0) is 0 Å². The topological polar surface area (TPSA) is 45.2 Å². The van der Waals surface area contributed by atoms with Crippen LogP contribution in [0.1, 0.15) is 29.6 Å². The Labute approximate surface area is 136 Å². The standard InChI is InChI=1S/C13H16ClN3O.2ClH/c14-12-7-15-5-3-11(12)13(18)17-6-4-9-1-2-10(8-17)16-9;;/h3,5,7,9-10,16H,1-2,4,6,8H2;2*1H. The van der Waals surface area contributed by atoms with E-state index >= 15 is 0 Å². The summed E-state index contributed by atoms with van der Waals surface area (Å²) in [6.45, 7) is 1.60. The van der Waals surface area contributed by atoms with E-state index in [1.54, 1.807) is 12.3 Å². The van der Waals surface area contributed by atoms with Crippen molar-refractivity contribution in [3.8, 4) is 0 Å². The molecule has 2 atom stereocenters. The first-order chi connectivity index (χ1) is 8.74. The molecule has 2 aliphatic heterocycles. The van der Waals surface area contributed by atoms with Gasteiger partial charge < -0.3 is 10.2 Å². The van der Waals surface area contributed by atoms with Gasteiger partial charge in [-0.3, -0.25) is 9.78 Å². The van der Waals surface area contributed by atoms with E-state index in [9.17, 15) is 4.79 Å². The Morgan fingerprint density at radius 2 is 2.05 bits per heavy atom. The van der Waals surface area contributed by atoms with Crippen LogP contribution in [0, 0.1) is 0 Å². The van der Waals surface area contributed by atoms with Crippen molar-refractivity contribution in [2.24, 2.45) is 0 Å². The molecule has 3 heterocycles. The normalized spacial score (nSPS) is 24.4. The molecule has 1 N–H and O–H groups in total. The molecule has 0 spiro atoms. The van der Waals surface area contributed by atoms with Crippen molar-refractivity contribution in [3.05, 3.63) is 29.0 Å². The van der Waals surface area contributed by atoms with Gasteiger partial charge in [-0.1, -0.05) is 11.6 Å². The lowest BCUT2D eigenvalue weighted by Gasteiger charge is -2.24. The Morgan fingerprint density at radius 3 is 2.80 bits per heavy atom. The number of halogens is 3. The highest BCUT2D eigenvalue weighted by molar-refractivity contribution is 6.33. The fraction of sp³-hybridized carbons (Fsp3) is 0.538. The molecule has 1 aromatic heterocycles. The van der Waals surface area contributed by atoms with Gasteiger partial charge in [-0.2, -0.15) is 0 Å². The molecule has 2 saturated heterocycles. The highest BCUT2D eigenvalue weighted by Gasteiger charge is 2.31. The van der Waals surface area contributed by atoms with Gasteiger partial charge in [0.05, 0.1) is 10.6 Å². The first-order valence-electron chi connectivity index (χ1n) is 6.39. The maximum Gasteiger partial charge on any atom is 0.255 e. The van der Waals surface area contributed by atoms with Crippen LogP contribution < -0.4 is 5.32 Å². The summed E-state index contributed by atoms with van der Waals surface area (Å²) in [5.41, 5.74) is 0.560. The second kappa shape index (κ2) is 7.46. The summed E-state index contributed by atoms with van der Waals surface area (Å²) in [5, 5.41) is 4.00. The smallest absolute Gasteiger partial charge is 0.255 e. The molecule has 3 rings (SSSR count). The van der Waals surface area contributed by atoms with Crippen molar-refractivity contribution in [1.29, 1.82) is 0 Å². The van der Waals surface area contributed by atoms with E-state index in [0.29, 0.717) is 22.7 Å². The van der Waals surface area contributed by atoms with E-state index in [1.165, 1.54) is 19.0 Å². The maximum atomic E-state index is 12.4. The molecule has 0 aliphatic carbocycles. The summed E-state index contributed by atoms with van der Waals surface area (Å²) < 4.78 is 0. The summed E-state index contributed by atoms with van der Waals surface area (Å²) in [5.74, 6) is 0.0248. The van der Waals surface area contributed by atoms with Crippen molar-refractivity contribution < 1.29 is 4.79 Å². The molecule has 1 amide bonds. The lowest BCUT2D eigenvalue weighted by Crippen LogP contribution is -2.39. The van der Waals surface area contributed by atoms with Crippen molar-refractivity contribution in [1.82, 2.24) is 15.2 Å². The maximum absolute atomic E-state index is 12.4. The quantitative estimate of drug-likeness (QED) is 0.856. The lowest BCUT2D eigenvalue weighted by molar-refractivity contribution is 0.0748. The third-order valence-corrected chi connectivity index (χ3v) is 4.11. The van der Waals surface area contributed by atoms with Crippen LogP contribution in [-0.4, -0.2) is 41.0 Å². The molecular weight excluding hydrogens is 321 g/mol. The Kier molecular flexibility index (Phi) is 6.52. The monoisotopic (exact) mass is 337 g/mol. The predicted octanol–water partition coefficient (Wildman–Crippen LogP) is 2.55. The zero-order valence-electron chi connectivity index (χ0n) is 10.9. The second-order valence-electron chi connectivity index (χ2n) is 5.03. The molecule has 0 radical (unpaired) electrons. The van der Waals surface area contributed by atoms with Crippen molar-refractivity contribution in [2.75, 3.05) is 13.1 Å². The number of rotatable bonds is 1. The molecule has 4 nitrogen and oxygen atoms in total. The van der Waals surface area contributed by atoms with Gasteiger partial charge in [-0.15, -0.1) is 24.8 Å². The van der Waals surface area contributed by atoms with Gasteiger partial charge in [0.25, 0.3) is 5.91 Å². The van der Waals surface area contributed by atoms with Crippen LogP contribution in [0.4, 0.5) is 0 Å². The predicted molar refractivity (Wildman–Crippen MR) is 84.2 cm³/mol. The van der Waals surface area contributed by atoms with Crippen LogP contribution in [0.15, 0.2) is 18.5 Å². The number of carbonyl (C=O) groups is 1. The summed E-state index contributed by atoms with van der Waals surface area (Å²) in [4.78, 5) is 18.3. The average molecular weight is 339 g/mol. The Hall–Kier alpha value is -0.550. The first kappa shape index (κ1) is 17.5. The number of pyridine rings is 1. The number of hydrogen-bond donors (Lipinski definition) is 1. The minimum absolute atomic E-state index is 0. The van der Waals surface area contributed by atoms with Gasteiger partial charge >= 0.3 is 0 Å². The van der Waals surface area contributed by atoms with E-state index < -0.39 is 0 Å². The number of aromatic nitrogens is 1. The zero-order chi connectivity index (χ0) is 12.5. The second-order valence-corrected chi connectivity index (χ2v) is 5.44. The van der Waals surface area contributed by atoms with Crippen molar-refractivity contribution in [2.45, 2.75) is 31.3 Å². The van der Waals surface area contributed by atoms with E-state index in [2.05, 4.69) is 10.3 Å². The molecule has 0 saturated carbocycles. The van der Waals surface area contributed by atoms with Gasteiger partial charge in [0.2, 0.25) is 0 Å². The molecule has 112 valence electrons. The number of likely N-dealkylation sites (tertiary alicyclic amines) is 1. The van der Waals surface area contributed by atoms with Crippen LogP contribution in [0.3, 0.4) is 0 Å². The Balaban J connectivity index is 0.000001000. The van der Waals surface area contributed by atoms with E-state index in [-0.39, 0.29) is 30.7 Å². The molecule has 2 fully saturated rings. The van der Waals surface area contributed by atoms with E-state index in [4.69, 9.17) is 11.6 Å². The van der Waals surface area contributed by atoms with E-state index in [1.807, 2.05) is 4.90 Å². The van der Waals surface area contributed by atoms with Gasteiger partial charge in [0.15, 0.2) is 0 Å². The molecule has 0 aromatic carbocycles. The zero-order valence-corrected chi connectivity index (χ0v) is 13.3. The molecular formula is C13H18Cl3N3O. The minimum atomic E-state index is 0. The fourth-order valence-electron chi connectivity index (χ4n) is 2.85. The van der Waals surface area contributed by atoms with Gasteiger partial charge in [-0.25, -0.2) is 0 Å². The third kappa shape index (κ3) is 3.55. The van der Waals surface area contributed by atoms with Crippen molar-refractivity contribution in [3.63, 3.8) is 0 Å². The Bertz CT molecular complexity index is 472. The third-order valence-electron chi connectivity index (χ3n) is 3.81. The summed E-state index contributed by atoms with van der Waals surface area (Å²) in [7, 11) is 0. The van der Waals surface area contributed by atoms with Crippen LogP contribution in [0.25, 0.3) is 0 Å². The summed E-state index contributed by atoms with van der Waals surface area (Å²) >= 11 is 6.03. The largest absolute Gasteiger partial charge is 0.337 e. The number of fused-ring (bicyclic) bond motifs is 2. The number of carbonyl (C=O) groups excluding carboxylic acids is 1. The highest BCUT2D eigenvalue weighted by Crippen LogP contribution is 2.23. The highest BCUT2D eigenvalue weighted by atomic mass is 35.5. The van der Waals surface area contributed by atoms with Gasteiger partial charge in [0.1, 0.15) is 0 Å². The number of amides is 1. The molecule has 2 bridgehead atoms. The summed E-state index contributed by atoms with van der Waals surface area (Å²) in [6.07, 6.45) is 6.57. The minimum Gasteiger partial charge on any atom is -0.337 e. The molecule has 1 aromatic rings. The van der Waals surface area contributed by atoms with E-state index in [0.717, 1.165) is 19.5 Å². The first-order valence-corrected chi connectivity index (χ1v) is 6.76. The Morgan fingerprint density at radius 1 is 1.30 bits per heavy atom. The van der Waals surface area contributed by atoms with Crippen molar-refractivity contribution >= 4 is 42.3 Å². The molecule has 2 unspecified atom stereocenters. The van der Waals surface area contributed by atoms with Gasteiger partial charge in [0, 0.05) is 37.6 Å². The molecule has 7 heteroatoms. The molecule has 20 heavy (non-hydrogen) atoms. The lowest BCUT2D eigenvalue weighted by atomic mass is 10.1. The van der Waals surface area contributed by atoms with Crippen LogP contribution in [0.2, 0.25) is 5.02 Å². The van der Waals surface area contributed by atoms with Gasteiger partial charge in [-0.05, 0) is 25.3 Å². The molecule has 2 aliphatic rings. The fourth-order valence-corrected chi connectivity index (χ4v) is 3.05.